The first-order valence-corrected chi connectivity index (χ1v) is 10.1. The van der Waals surface area contributed by atoms with Gasteiger partial charge in [0.05, 0.1) is 0 Å². The molecule has 1 fully saturated rings. The van der Waals surface area contributed by atoms with Crippen molar-refractivity contribution in [2.75, 3.05) is 11.4 Å². The van der Waals surface area contributed by atoms with Crippen LogP contribution >= 0.6 is 0 Å². The molecule has 0 saturated carbocycles. The van der Waals surface area contributed by atoms with Crippen molar-refractivity contribution in [2.24, 2.45) is 0 Å². The van der Waals surface area contributed by atoms with Gasteiger partial charge in [0.15, 0.2) is 6.04 Å². The van der Waals surface area contributed by atoms with E-state index in [1.807, 2.05) is 12.1 Å². The van der Waals surface area contributed by atoms with E-state index < -0.39 is 12.0 Å². The third-order valence-electron chi connectivity index (χ3n) is 5.12. The molecule has 2 amide bonds. The molecule has 1 atom stereocenters. The molecule has 4 rings (SSSR count). The molecule has 3 aromatic rings. The lowest BCUT2D eigenvalue weighted by Gasteiger charge is -2.19. The molecular formula is C25H22N2O4. The van der Waals surface area contributed by atoms with Crippen molar-refractivity contribution >= 4 is 23.5 Å². The number of rotatable bonds is 6. The monoisotopic (exact) mass is 414 g/mol. The Kier molecular flexibility index (Phi) is 6.08. The number of anilines is 1. The van der Waals surface area contributed by atoms with Crippen molar-refractivity contribution in [3.05, 3.63) is 96.1 Å². The molecule has 0 radical (unpaired) electrons. The van der Waals surface area contributed by atoms with Crippen LogP contribution in [0.2, 0.25) is 0 Å². The molecule has 0 bridgehead atoms. The summed E-state index contributed by atoms with van der Waals surface area (Å²) >= 11 is 0. The number of carbonyl (C=O) groups is 3. The summed E-state index contributed by atoms with van der Waals surface area (Å²) in [6, 6.07) is 23.5. The number of benzene rings is 3. The Labute approximate surface area is 180 Å². The number of ether oxygens (including phenoxy) is 1. The topological polar surface area (TPSA) is 75.7 Å². The summed E-state index contributed by atoms with van der Waals surface area (Å²) in [5.74, 6) is -0.525. The number of nitrogens with zero attached hydrogens (tertiary/aromatic N) is 1. The van der Waals surface area contributed by atoms with Crippen LogP contribution in [0, 0.1) is 0 Å². The lowest BCUT2D eigenvalue weighted by Crippen LogP contribution is -2.36. The van der Waals surface area contributed by atoms with Gasteiger partial charge in [0, 0.05) is 24.2 Å². The Balaban J connectivity index is 1.50. The van der Waals surface area contributed by atoms with E-state index in [4.69, 9.17) is 4.74 Å². The van der Waals surface area contributed by atoms with Crippen LogP contribution < -0.4 is 15.0 Å². The molecule has 1 saturated heterocycles. The van der Waals surface area contributed by atoms with Gasteiger partial charge in [-0.2, -0.15) is 0 Å². The van der Waals surface area contributed by atoms with Gasteiger partial charge in [0.2, 0.25) is 5.91 Å². The summed E-state index contributed by atoms with van der Waals surface area (Å²) in [4.78, 5) is 39.2. The Morgan fingerprint density at radius 3 is 2.13 bits per heavy atom. The molecule has 1 aliphatic heterocycles. The van der Waals surface area contributed by atoms with Gasteiger partial charge < -0.3 is 15.0 Å². The van der Waals surface area contributed by atoms with Gasteiger partial charge in [-0.3, -0.25) is 9.59 Å². The van der Waals surface area contributed by atoms with Crippen LogP contribution in [0.3, 0.4) is 0 Å². The number of hydrogen-bond donors (Lipinski definition) is 1. The molecule has 0 spiro atoms. The Morgan fingerprint density at radius 1 is 0.871 bits per heavy atom. The first-order chi connectivity index (χ1) is 15.1. The molecule has 31 heavy (non-hydrogen) atoms. The van der Waals surface area contributed by atoms with Crippen molar-refractivity contribution in [2.45, 2.75) is 18.9 Å². The maximum atomic E-state index is 13.0. The molecule has 1 unspecified atom stereocenters. The van der Waals surface area contributed by atoms with Gasteiger partial charge in [-0.05, 0) is 48.4 Å². The highest BCUT2D eigenvalue weighted by Crippen LogP contribution is 2.25. The van der Waals surface area contributed by atoms with Gasteiger partial charge in [0.1, 0.15) is 5.75 Å². The van der Waals surface area contributed by atoms with Crippen LogP contribution in [-0.4, -0.2) is 24.3 Å². The van der Waals surface area contributed by atoms with Crippen LogP contribution in [0.25, 0.3) is 0 Å². The summed E-state index contributed by atoms with van der Waals surface area (Å²) in [6.07, 6.45) is 1.39. The third kappa shape index (κ3) is 4.80. The molecule has 3 aromatic carbocycles. The van der Waals surface area contributed by atoms with E-state index in [1.54, 1.807) is 77.7 Å². The van der Waals surface area contributed by atoms with Crippen LogP contribution in [0.15, 0.2) is 84.9 Å². The predicted octanol–water partition coefficient (Wildman–Crippen LogP) is 3.89. The van der Waals surface area contributed by atoms with Crippen LogP contribution in [0.1, 0.15) is 34.8 Å². The third-order valence-corrected chi connectivity index (χ3v) is 5.12. The van der Waals surface area contributed by atoms with Gasteiger partial charge in [0.25, 0.3) is 5.91 Å². The Hall–Kier alpha value is -3.93. The van der Waals surface area contributed by atoms with E-state index in [9.17, 15) is 14.4 Å². The highest BCUT2D eigenvalue weighted by molar-refractivity contribution is 5.97. The van der Waals surface area contributed by atoms with Gasteiger partial charge in [-0.25, -0.2) is 4.79 Å². The summed E-state index contributed by atoms with van der Waals surface area (Å²) < 4.78 is 5.56. The Bertz CT molecular complexity index is 1070. The molecule has 0 aliphatic carbocycles. The first-order valence-electron chi connectivity index (χ1n) is 10.1. The van der Waals surface area contributed by atoms with Crippen LogP contribution in [0.5, 0.6) is 5.75 Å². The number of esters is 1. The Morgan fingerprint density at radius 2 is 1.52 bits per heavy atom. The SMILES string of the molecule is O=C(NC(C(=O)Oc1ccc(N2CCCC2=O)cc1)c1ccccc1)c1ccccc1. The first kappa shape index (κ1) is 20.3. The molecule has 0 aromatic heterocycles. The van der Waals surface area contributed by atoms with Crippen LogP contribution in [-0.2, 0) is 9.59 Å². The molecule has 1 heterocycles. The quantitative estimate of drug-likeness (QED) is 0.490. The maximum absolute atomic E-state index is 13.0. The van der Waals surface area contributed by atoms with Crippen molar-refractivity contribution in [1.82, 2.24) is 5.32 Å². The zero-order valence-corrected chi connectivity index (χ0v) is 16.9. The molecule has 6 heteroatoms. The zero-order valence-electron chi connectivity index (χ0n) is 16.9. The zero-order chi connectivity index (χ0) is 21.6. The van der Waals surface area contributed by atoms with E-state index >= 15 is 0 Å². The highest BCUT2D eigenvalue weighted by Gasteiger charge is 2.26. The number of nitrogens with one attached hydrogen (secondary N) is 1. The standard InChI is InChI=1S/C25H22N2O4/c28-22-12-7-17-27(22)20-13-15-21(16-14-20)31-25(30)23(18-8-3-1-4-9-18)26-24(29)19-10-5-2-6-11-19/h1-6,8-11,13-16,23H,7,12,17H2,(H,26,29). The average Bonchev–Trinajstić information content (AvgIpc) is 3.24. The highest BCUT2D eigenvalue weighted by atomic mass is 16.5. The fourth-order valence-corrected chi connectivity index (χ4v) is 3.52. The predicted molar refractivity (Wildman–Crippen MR) is 117 cm³/mol. The van der Waals surface area contributed by atoms with Crippen molar-refractivity contribution in [3.8, 4) is 5.75 Å². The van der Waals surface area contributed by atoms with E-state index in [2.05, 4.69) is 5.32 Å². The molecule has 6 nitrogen and oxygen atoms in total. The van der Waals surface area contributed by atoms with Gasteiger partial charge in [-0.15, -0.1) is 0 Å². The molecule has 1 N–H and O–H groups in total. The number of amides is 2. The smallest absolute Gasteiger partial charge is 0.338 e. The molecular weight excluding hydrogens is 392 g/mol. The van der Waals surface area contributed by atoms with Crippen LogP contribution in [0.4, 0.5) is 5.69 Å². The van der Waals surface area contributed by atoms with E-state index in [0.29, 0.717) is 29.8 Å². The maximum Gasteiger partial charge on any atom is 0.338 e. The van der Waals surface area contributed by atoms with Crippen molar-refractivity contribution in [1.29, 1.82) is 0 Å². The van der Waals surface area contributed by atoms with Crippen molar-refractivity contribution in [3.63, 3.8) is 0 Å². The molecule has 156 valence electrons. The minimum Gasteiger partial charge on any atom is -0.425 e. The average molecular weight is 414 g/mol. The second-order valence-electron chi connectivity index (χ2n) is 7.25. The van der Waals surface area contributed by atoms with E-state index in [0.717, 1.165) is 12.1 Å². The molecule has 1 aliphatic rings. The number of carbonyl (C=O) groups excluding carboxylic acids is 3. The largest absolute Gasteiger partial charge is 0.425 e. The van der Waals surface area contributed by atoms with Gasteiger partial charge >= 0.3 is 5.97 Å². The lowest BCUT2D eigenvalue weighted by molar-refractivity contribution is -0.136. The minimum atomic E-state index is -0.964. The summed E-state index contributed by atoms with van der Waals surface area (Å²) in [6.45, 7) is 0.694. The minimum absolute atomic E-state index is 0.0949. The fraction of sp³-hybridized carbons (Fsp3) is 0.160. The fourth-order valence-electron chi connectivity index (χ4n) is 3.52. The second-order valence-corrected chi connectivity index (χ2v) is 7.25. The summed E-state index contributed by atoms with van der Waals surface area (Å²) in [7, 11) is 0. The second kappa shape index (κ2) is 9.26. The summed E-state index contributed by atoms with van der Waals surface area (Å²) in [5.41, 5.74) is 1.85. The normalized spacial score (nSPS) is 14.2. The van der Waals surface area contributed by atoms with Crippen molar-refractivity contribution < 1.29 is 19.1 Å². The van der Waals surface area contributed by atoms with E-state index in [1.165, 1.54) is 0 Å². The number of hydrogen-bond acceptors (Lipinski definition) is 4. The van der Waals surface area contributed by atoms with E-state index in [-0.39, 0.29) is 11.8 Å². The van der Waals surface area contributed by atoms with Gasteiger partial charge in [-0.1, -0.05) is 48.5 Å². The summed E-state index contributed by atoms with van der Waals surface area (Å²) in [5, 5.41) is 2.77. The lowest BCUT2D eigenvalue weighted by atomic mass is 10.1.